The zero-order chi connectivity index (χ0) is 32.9. The number of para-hydroxylation sites is 1. The maximum Gasteiger partial charge on any atom is 0.0713 e. The predicted molar refractivity (Wildman–Crippen MR) is 214 cm³/mol. The molecule has 3 nitrogen and oxygen atoms in total. The average molecular weight is 830 g/mol. The minimum absolute atomic E-state index is 0. The summed E-state index contributed by atoms with van der Waals surface area (Å²) in [5, 5.41) is 13.4. The van der Waals surface area contributed by atoms with Gasteiger partial charge >= 0.3 is 0 Å². The first-order valence-corrected chi connectivity index (χ1v) is 17.9. The van der Waals surface area contributed by atoms with Crippen LogP contribution in [-0.2, 0) is 32.4 Å². The van der Waals surface area contributed by atoms with Crippen molar-refractivity contribution in [3.63, 3.8) is 0 Å². The monoisotopic (exact) mass is 831 g/mol. The summed E-state index contributed by atoms with van der Waals surface area (Å²) in [6, 6.07) is 35.5. The zero-order valence-electron chi connectivity index (χ0n) is 31.7. The summed E-state index contributed by atoms with van der Waals surface area (Å²) in [4.78, 5) is 5.54. The normalized spacial score (nSPS) is 13.9. The van der Waals surface area contributed by atoms with Crippen LogP contribution in [0.25, 0.3) is 32.7 Å². The summed E-state index contributed by atoms with van der Waals surface area (Å²) in [6.07, 6.45) is 6.36. The molecule has 0 bridgehead atoms. The van der Waals surface area contributed by atoms with Crippen molar-refractivity contribution < 1.29 is 25.8 Å². The van der Waals surface area contributed by atoms with Gasteiger partial charge in [-0.15, -0.1) is 18.3 Å². The molecule has 1 saturated carbocycles. The van der Waals surface area contributed by atoms with Crippen LogP contribution >= 0.6 is 0 Å². The molecule has 0 radical (unpaired) electrons. The summed E-state index contributed by atoms with van der Waals surface area (Å²) in [7, 11) is 0. The van der Waals surface area contributed by atoms with Gasteiger partial charge in [0.1, 0.15) is 0 Å². The molecule has 0 amide bonds. The van der Waals surface area contributed by atoms with Crippen molar-refractivity contribution in [2.75, 3.05) is 0 Å². The van der Waals surface area contributed by atoms with Gasteiger partial charge < -0.3 is 25.5 Å². The molecule has 0 spiro atoms. The molecular weight excluding hydrogens is 773 g/mol. The number of benzene rings is 4. The van der Waals surface area contributed by atoms with Crippen LogP contribution in [0.15, 0.2) is 97.1 Å². The molecule has 0 aliphatic heterocycles. The van der Waals surface area contributed by atoms with Gasteiger partial charge in [0, 0.05) is 37.1 Å². The van der Waals surface area contributed by atoms with Gasteiger partial charge in [0.15, 0.2) is 0 Å². The Morgan fingerprint density at radius 1 is 0.620 bits per heavy atom. The quantitative estimate of drug-likeness (QED) is 0.0966. The number of aromatic nitrogens is 1. The first kappa shape index (κ1) is 41.3. The fourth-order valence-electron chi connectivity index (χ4n) is 7.36. The van der Waals surface area contributed by atoms with E-state index in [0.717, 1.165) is 23.6 Å². The molecule has 1 atom stereocenters. The van der Waals surface area contributed by atoms with Crippen LogP contribution in [-0.4, -0.2) is 11.0 Å². The van der Waals surface area contributed by atoms with E-state index in [1.54, 1.807) is 0 Å². The maximum atomic E-state index is 5.72. The molecule has 4 aromatic carbocycles. The average Bonchev–Trinajstić information content (AvgIpc) is 3.09. The van der Waals surface area contributed by atoms with Crippen LogP contribution in [0.3, 0.4) is 0 Å². The number of fused-ring (bicyclic) bond motifs is 1. The number of nitrogens with zero attached hydrogens (tertiary/aromatic N) is 3. The first-order valence-electron chi connectivity index (χ1n) is 17.9. The molecule has 1 aromatic heterocycles. The van der Waals surface area contributed by atoms with Crippen LogP contribution in [0.1, 0.15) is 131 Å². The van der Waals surface area contributed by atoms with E-state index in [9.17, 15) is 0 Å². The molecule has 1 unspecified atom stereocenters. The van der Waals surface area contributed by atoms with Gasteiger partial charge in [0.2, 0.25) is 0 Å². The third kappa shape index (κ3) is 9.22. The van der Waals surface area contributed by atoms with E-state index in [2.05, 4.69) is 139 Å². The second kappa shape index (κ2) is 19.0. The number of pyridine rings is 1. The summed E-state index contributed by atoms with van der Waals surface area (Å²) in [5.74, 6) is 1.08. The van der Waals surface area contributed by atoms with Crippen molar-refractivity contribution in [2.45, 2.75) is 110 Å². The molecule has 0 saturated heterocycles. The minimum Gasteiger partial charge on any atom is -0.673 e. The van der Waals surface area contributed by atoms with Crippen molar-refractivity contribution in [3.8, 4) is 11.3 Å². The fourth-order valence-corrected chi connectivity index (χ4v) is 7.36. The molecule has 264 valence electrons. The SMILES string of the molecule is CC(C)c1ccccc1C([N-]c1c(C(C)C)cccc1C(C)C)c1cccc(-c2c(C[N-]C3CCCCC3)ccc3ccccc23)n1.[CH3-].[CH3-].[Hf]. The molecular formula is C46H57HfN3-4. The Labute approximate surface area is 322 Å². The Balaban J connectivity index is 0.00000225. The number of hydrogen-bond acceptors (Lipinski definition) is 1. The van der Waals surface area contributed by atoms with E-state index in [1.807, 2.05) is 0 Å². The molecule has 0 N–H and O–H groups in total. The Bertz CT molecular complexity index is 1780. The molecule has 5 aromatic rings. The van der Waals surface area contributed by atoms with Crippen LogP contribution < -0.4 is 0 Å². The summed E-state index contributed by atoms with van der Waals surface area (Å²) >= 11 is 0. The van der Waals surface area contributed by atoms with Gasteiger partial charge in [0.25, 0.3) is 0 Å². The van der Waals surface area contributed by atoms with Crippen LogP contribution in [0.2, 0.25) is 0 Å². The Morgan fingerprint density at radius 2 is 1.20 bits per heavy atom. The summed E-state index contributed by atoms with van der Waals surface area (Å²) in [6.45, 7) is 14.4. The van der Waals surface area contributed by atoms with Gasteiger partial charge in [-0.2, -0.15) is 0 Å². The van der Waals surface area contributed by atoms with E-state index >= 15 is 0 Å². The smallest absolute Gasteiger partial charge is 0.0713 e. The van der Waals surface area contributed by atoms with Crippen molar-refractivity contribution in [1.29, 1.82) is 0 Å². The van der Waals surface area contributed by atoms with Gasteiger partial charge in [-0.3, -0.25) is 4.98 Å². The fraction of sp³-hybridized carbons (Fsp3) is 0.370. The first-order chi connectivity index (χ1) is 22.8. The van der Waals surface area contributed by atoms with Crippen molar-refractivity contribution >= 4 is 16.5 Å². The molecule has 6 rings (SSSR count). The third-order valence-corrected chi connectivity index (χ3v) is 9.93. The molecule has 4 heteroatoms. The standard InChI is InChI=1S/C44H51N3.2CH3.Hf/c1-29(2)35-19-12-13-21-39(35)44(47-43-36(30(3)4)22-14-23-37(43)31(5)6)41-25-15-24-40(46-41)42-33(28-45-34-17-8-7-9-18-34)27-26-32-16-10-11-20-38(32)42;;;/h10-16,19-27,29-31,34,44H,7-9,17-18,28H2,1-6H3;2*1H3;/q-2;2*-1;. The van der Waals surface area contributed by atoms with E-state index in [-0.39, 0.29) is 46.7 Å². The third-order valence-electron chi connectivity index (χ3n) is 9.93. The molecule has 1 aliphatic rings. The van der Waals surface area contributed by atoms with Crippen LogP contribution in [0.4, 0.5) is 5.69 Å². The van der Waals surface area contributed by atoms with Crippen molar-refractivity contribution in [3.05, 3.63) is 156 Å². The largest absolute Gasteiger partial charge is 0.673 e. The Hall–Kier alpha value is -3.08. The topological polar surface area (TPSA) is 41.1 Å². The minimum atomic E-state index is -0.240. The second-order valence-corrected chi connectivity index (χ2v) is 14.3. The predicted octanol–water partition coefficient (Wildman–Crippen LogP) is 14.2. The van der Waals surface area contributed by atoms with E-state index < -0.39 is 0 Å². The van der Waals surface area contributed by atoms with Gasteiger partial charge in [-0.1, -0.05) is 181 Å². The molecule has 50 heavy (non-hydrogen) atoms. The van der Waals surface area contributed by atoms with Gasteiger partial charge in [-0.05, 0) is 52.3 Å². The Kier molecular flexibility index (Phi) is 15.7. The van der Waals surface area contributed by atoms with Crippen LogP contribution in [0, 0.1) is 14.9 Å². The van der Waals surface area contributed by atoms with Gasteiger partial charge in [0.05, 0.1) is 5.69 Å². The van der Waals surface area contributed by atoms with E-state index in [4.69, 9.17) is 15.6 Å². The van der Waals surface area contributed by atoms with Crippen molar-refractivity contribution in [2.24, 2.45) is 0 Å². The number of rotatable bonds is 11. The van der Waals surface area contributed by atoms with Crippen LogP contribution in [0.5, 0.6) is 0 Å². The Morgan fingerprint density at radius 3 is 1.86 bits per heavy atom. The summed E-state index contributed by atoms with van der Waals surface area (Å²) in [5.41, 5.74) is 10.7. The molecule has 1 fully saturated rings. The van der Waals surface area contributed by atoms with Crippen molar-refractivity contribution in [1.82, 2.24) is 4.98 Å². The second-order valence-electron chi connectivity index (χ2n) is 14.3. The maximum absolute atomic E-state index is 5.72. The number of hydrogen-bond donors (Lipinski definition) is 0. The van der Waals surface area contributed by atoms with Gasteiger partial charge in [-0.25, -0.2) is 0 Å². The van der Waals surface area contributed by atoms with E-state index in [0.29, 0.717) is 23.8 Å². The summed E-state index contributed by atoms with van der Waals surface area (Å²) < 4.78 is 0. The zero-order valence-corrected chi connectivity index (χ0v) is 35.3. The molecule has 1 aliphatic carbocycles. The molecule has 1 heterocycles. The van der Waals surface area contributed by atoms with E-state index in [1.165, 1.54) is 76.3 Å².